The van der Waals surface area contributed by atoms with Crippen molar-refractivity contribution < 1.29 is 18.3 Å². The molecule has 0 saturated carbocycles. The summed E-state index contributed by atoms with van der Waals surface area (Å²) in [5.74, 6) is -0.353. The minimum absolute atomic E-state index is 0.119. The van der Waals surface area contributed by atoms with Crippen molar-refractivity contribution >= 4 is 15.9 Å². The van der Waals surface area contributed by atoms with Crippen LogP contribution in [0.5, 0.6) is 0 Å². The minimum Gasteiger partial charge on any atom is -0.392 e. The van der Waals surface area contributed by atoms with Gasteiger partial charge < -0.3 is 10.4 Å². The van der Waals surface area contributed by atoms with Gasteiger partial charge in [-0.2, -0.15) is 4.31 Å². The summed E-state index contributed by atoms with van der Waals surface area (Å²) in [7, 11) is -3.68. The third-order valence-corrected chi connectivity index (χ3v) is 5.63. The maximum atomic E-state index is 12.7. The maximum absolute atomic E-state index is 12.7. The van der Waals surface area contributed by atoms with E-state index >= 15 is 0 Å². The molecule has 6 nitrogen and oxygen atoms in total. The molecule has 22 heavy (non-hydrogen) atoms. The number of aliphatic hydroxyl groups excluding tert-OH is 1. The van der Waals surface area contributed by atoms with Crippen molar-refractivity contribution in [3.8, 4) is 0 Å². The number of aryl methyl sites for hydroxylation is 1. The highest BCUT2D eigenvalue weighted by Crippen LogP contribution is 2.26. The molecule has 0 bridgehead atoms. The third kappa shape index (κ3) is 3.66. The second kappa shape index (κ2) is 6.76. The summed E-state index contributed by atoms with van der Waals surface area (Å²) in [4.78, 5) is 12.4. The average molecular weight is 326 g/mol. The molecule has 2 rings (SSSR count). The van der Waals surface area contributed by atoms with Crippen molar-refractivity contribution in [3.05, 3.63) is 29.8 Å². The van der Waals surface area contributed by atoms with Gasteiger partial charge in [0.1, 0.15) is 6.04 Å². The van der Waals surface area contributed by atoms with Crippen molar-refractivity contribution in [2.45, 2.75) is 43.7 Å². The van der Waals surface area contributed by atoms with Crippen LogP contribution >= 0.6 is 0 Å². The molecule has 0 aromatic heterocycles. The molecule has 122 valence electrons. The zero-order valence-corrected chi connectivity index (χ0v) is 13.6. The number of amides is 1. The van der Waals surface area contributed by atoms with E-state index in [0.29, 0.717) is 19.4 Å². The number of sulfonamides is 1. The van der Waals surface area contributed by atoms with Crippen molar-refractivity contribution in [3.63, 3.8) is 0 Å². The Balaban J connectivity index is 2.18. The van der Waals surface area contributed by atoms with Gasteiger partial charge in [0.2, 0.25) is 15.9 Å². The molecule has 2 N–H and O–H groups in total. The molecule has 1 aromatic rings. The van der Waals surface area contributed by atoms with Crippen LogP contribution in [0, 0.1) is 6.92 Å². The van der Waals surface area contributed by atoms with Crippen molar-refractivity contribution in [1.29, 1.82) is 0 Å². The first-order valence-corrected chi connectivity index (χ1v) is 8.80. The van der Waals surface area contributed by atoms with Crippen molar-refractivity contribution in [2.75, 3.05) is 13.1 Å². The quantitative estimate of drug-likeness (QED) is 0.831. The van der Waals surface area contributed by atoms with Crippen LogP contribution in [0.2, 0.25) is 0 Å². The number of carbonyl (C=O) groups is 1. The van der Waals surface area contributed by atoms with E-state index in [1.807, 2.05) is 6.92 Å². The van der Waals surface area contributed by atoms with Gasteiger partial charge in [-0.3, -0.25) is 4.79 Å². The zero-order valence-electron chi connectivity index (χ0n) is 12.8. The number of carbonyl (C=O) groups excluding carboxylic acids is 1. The van der Waals surface area contributed by atoms with Gasteiger partial charge in [0.15, 0.2) is 0 Å². The lowest BCUT2D eigenvalue weighted by molar-refractivity contribution is -0.124. The van der Waals surface area contributed by atoms with Crippen LogP contribution in [-0.2, 0) is 14.8 Å². The topological polar surface area (TPSA) is 86.7 Å². The number of nitrogens with zero attached hydrogens (tertiary/aromatic N) is 1. The van der Waals surface area contributed by atoms with Gasteiger partial charge in [-0.25, -0.2) is 8.42 Å². The lowest BCUT2D eigenvalue weighted by atomic mass is 10.2. The lowest BCUT2D eigenvalue weighted by Crippen LogP contribution is -2.47. The second-order valence-corrected chi connectivity index (χ2v) is 7.57. The summed E-state index contributed by atoms with van der Waals surface area (Å²) in [6.45, 7) is 3.91. The highest BCUT2D eigenvalue weighted by Gasteiger charge is 2.39. The van der Waals surface area contributed by atoms with Crippen LogP contribution in [0.1, 0.15) is 25.3 Å². The first kappa shape index (κ1) is 16.9. The van der Waals surface area contributed by atoms with Gasteiger partial charge in [0.25, 0.3) is 0 Å². The summed E-state index contributed by atoms with van der Waals surface area (Å²) in [5.41, 5.74) is 0.978. The van der Waals surface area contributed by atoms with E-state index in [1.165, 1.54) is 4.31 Å². The minimum atomic E-state index is -3.68. The van der Waals surface area contributed by atoms with Gasteiger partial charge in [-0.15, -0.1) is 0 Å². The fourth-order valence-electron chi connectivity index (χ4n) is 2.50. The number of aliphatic hydroxyl groups is 1. The monoisotopic (exact) mass is 326 g/mol. The summed E-state index contributed by atoms with van der Waals surface area (Å²) in [6, 6.07) is 5.91. The van der Waals surface area contributed by atoms with Gasteiger partial charge in [0.05, 0.1) is 11.0 Å². The Labute approximate surface area is 131 Å². The lowest BCUT2D eigenvalue weighted by Gasteiger charge is -2.23. The highest BCUT2D eigenvalue weighted by atomic mass is 32.2. The Morgan fingerprint density at radius 1 is 1.41 bits per heavy atom. The Morgan fingerprint density at radius 3 is 2.64 bits per heavy atom. The standard InChI is InChI=1S/C15H22N2O4S/c1-11-5-7-13(8-6-11)22(20,21)17-9-3-4-14(17)15(19)16-10-12(2)18/h5-8,12,14,18H,3-4,9-10H2,1-2H3,(H,16,19)/t12?,14-/m0/s1. The Morgan fingerprint density at radius 2 is 2.05 bits per heavy atom. The Bertz CT molecular complexity index is 625. The number of benzene rings is 1. The molecule has 0 aliphatic carbocycles. The van der Waals surface area contributed by atoms with Crippen molar-refractivity contribution in [1.82, 2.24) is 9.62 Å². The number of nitrogens with one attached hydrogen (secondary N) is 1. The summed E-state index contributed by atoms with van der Waals surface area (Å²) in [6.07, 6.45) is 0.488. The second-order valence-electron chi connectivity index (χ2n) is 5.68. The first-order chi connectivity index (χ1) is 10.3. The van der Waals surface area contributed by atoms with Crippen molar-refractivity contribution in [2.24, 2.45) is 0 Å². The summed E-state index contributed by atoms with van der Waals surface area (Å²) in [5, 5.41) is 11.8. The van der Waals surface area contributed by atoms with Gasteiger partial charge in [-0.1, -0.05) is 17.7 Å². The molecule has 1 amide bonds. The van der Waals surface area contributed by atoms with Gasteiger partial charge >= 0.3 is 0 Å². The van der Waals surface area contributed by atoms with E-state index < -0.39 is 22.2 Å². The average Bonchev–Trinajstić information content (AvgIpc) is 2.95. The smallest absolute Gasteiger partial charge is 0.243 e. The van der Waals surface area contributed by atoms with E-state index in [9.17, 15) is 18.3 Å². The molecule has 0 spiro atoms. The molecule has 1 aliphatic rings. The van der Waals surface area contributed by atoms with E-state index in [1.54, 1.807) is 31.2 Å². The number of hydrogen-bond acceptors (Lipinski definition) is 4. The molecule has 1 saturated heterocycles. The molecule has 2 atom stereocenters. The fourth-order valence-corrected chi connectivity index (χ4v) is 4.16. The predicted molar refractivity (Wildman–Crippen MR) is 82.8 cm³/mol. The van der Waals surface area contributed by atoms with E-state index in [0.717, 1.165) is 5.56 Å². The molecule has 7 heteroatoms. The molecule has 1 aliphatic heterocycles. The van der Waals surface area contributed by atoms with Crippen LogP contribution in [0.4, 0.5) is 0 Å². The molecule has 1 unspecified atom stereocenters. The van der Waals surface area contributed by atoms with Gasteiger partial charge in [-0.05, 0) is 38.8 Å². The summed E-state index contributed by atoms with van der Waals surface area (Å²) >= 11 is 0. The largest absolute Gasteiger partial charge is 0.392 e. The SMILES string of the molecule is Cc1ccc(S(=O)(=O)N2CCC[C@H]2C(=O)NCC(C)O)cc1. The van der Waals surface area contributed by atoms with Crippen LogP contribution < -0.4 is 5.32 Å². The first-order valence-electron chi connectivity index (χ1n) is 7.36. The molecular formula is C15H22N2O4S. The fraction of sp³-hybridized carbons (Fsp3) is 0.533. The van der Waals surface area contributed by atoms with Gasteiger partial charge in [0, 0.05) is 13.1 Å². The predicted octanol–water partition coefficient (Wildman–Crippen LogP) is 0.645. The highest BCUT2D eigenvalue weighted by molar-refractivity contribution is 7.89. The van der Waals surface area contributed by atoms with E-state index in [-0.39, 0.29) is 17.3 Å². The number of rotatable bonds is 5. The van der Waals surface area contributed by atoms with Crippen LogP contribution in [0.25, 0.3) is 0 Å². The molecule has 0 radical (unpaired) electrons. The third-order valence-electron chi connectivity index (χ3n) is 3.71. The molecular weight excluding hydrogens is 304 g/mol. The van der Waals surface area contributed by atoms with Crippen LogP contribution in [-0.4, -0.2) is 49.0 Å². The van der Waals surface area contributed by atoms with Crippen LogP contribution in [0.15, 0.2) is 29.2 Å². The normalized spacial score (nSPS) is 20.8. The Kier molecular flexibility index (Phi) is 5.20. The molecule has 1 fully saturated rings. The number of hydrogen-bond donors (Lipinski definition) is 2. The molecule has 1 aromatic carbocycles. The zero-order chi connectivity index (χ0) is 16.3. The van der Waals surface area contributed by atoms with E-state index in [4.69, 9.17) is 0 Å². The van der Waals surface area contributed by atoms with E-state index in [2.05, 4.69) is 5.32 Å². The summed E-state index contributed by atoms with van der Waals surface area (Å²) < 4.78 is 26.6. The maximum Gasteiger partial charge on any atom is 0.243 e. The van der Waals surface area contributed by atoms with Crippen LogP contribution in [0.3, 0.4) is 0 Å². The molecule has 1 heterocycles. The Hall–Kier alpha value is -1.44.